The fourth-order valence-corrected chi connectivity index (χ4v) is 1.32. The molecule has 0 spiro atoms. The molecule has 1 aliphatic heterocycles. The molecule has 0 aromatic carbocycles. The summed E-state index contributed by atoms with van der Waals surface area (Å²) < 4.78 is 0. The summed E-state index contributed by atoms with van der Waals surface area (Å²) >= 11 is 0. The lowest BCUT2D eigenvalue weighted by Crippen LogP contribution is -2.35. The fourth-order valence-electron chi connectivity index (χ4n) is 1.32. The minimum Gasteiger partial charge on any atom is -0.340 e. The molecule has 0 N–H and O–H groups in total. The van der Waals surface area contributed by atoms with Gasteiger partial charge < -0.3 is 4.90 Å². The van der Waals surface area contributed by atoms with Crippen LogP contribution in [-0.4, -0.2) is 30.0 Å². The highest BCUT2D eigenvalue weighted by molar-refractivity contribution is 5.80. The van der Waals surface area contributed by atoms with Crippen LogP contribution in [0.2, 0.25) is 0 Å². The maximum Gasteiger partial charge on any atom is 0.255 e. The van der Waals surface area contributed by atoms with E-state index in [2.05, 4.69) is 0 Å². The first-order valence-corrected chi connectivity index (χ1v) is 4.20. The zero-order valence-corrected chi connectivity index (χ0v) is 6.88. The summed E-state index contributed by atoms with van der Waals surface area (Å²) in [5.41, 5.74) is 0. The molecule has 1 amide bonds. The van der Waals surface area contributed by atoms with E-state index in [1.807, 2.05) is 0 Å². The van der Waals surface area contributed by atoms with Crippen molar-refractivity contribution in [3.05, 3.63) is 0 Å². The van der Waals surface area contributed by atoms with Gasteiger partial charge in [0.05, 0.1) is 0 Å². The molecule has 0 bridgehead atoms. The summed E-state index contributed by atoms with van der Waals surface area (Å²) in [6.07, 6.45) is 1.51. The number of likely N-dealkylation sites (tertiary alicyclic amines) is 1. The van der Waals surface area contributed by atoms with Gasteiger partial charge in [-0.25, -0.2) is 5.11 Å². The van der Waals surface area contributed by atoms with Gasteiger partial charge in [-0.15, -0.1) is 0 Å². The van der Waals surface area contributed by atoms with Crippen molar-refractivity contribution in [1.82, 2.24) is 4.90 Å². The van der Waals surface area contributed by atoms with Crippen LogP contribution < -0.4 is 0 Å². The third-order valence-corrected chi connectivity index (χ3v) is 2.06. The summed E-state index contributed by atoms with van der Waals surface area (Å²) in [5, 5.41) is 11.0. The summed E-state index contributed by atoms with van der Waals surface area (Å²) in [6, 6.07) is 0. The summed E-state index contributed by atoms with van der Waals surface area (Å²) in [7, 11) is 0. The molecule has 1 saturated heterocycles. The summed E-state index contributed by atoms with van der Waals surface area (Å²) in [4.78, 5) is 12.9. The molecule has 1 unspecified atom stereocenters. The largest absolute Gasteiger partial charge is 0.340 e. The van der Waals surface area contributed by atoms with Crippen molar-refractivity contribution in [3.8, 4) is 0 Å². The number of hydrogen-bond donors (Lipinski definition) is 0. The van der Waals surface area contributed by atoms with Crippen LogP contribution in [0, 0.1) is 0 Å². The molecule has 1 heterocycles. The first-order valence-electron chi connectivity index (χ1n) is 4.20. The molecule has 0 saturated carbocycles. The summed E-state index contributed by atoms with van der Waals surface area (Å²) in [5.74, 6) is -0.204. The van der Waals surface area contributed by atoms with Gasteiger partial charge in [-0.1, -0.05) is 6.92 Å². The molecule has 11 heavy (non-hydrogen) atoms. The molecular weight excluding hydrogens is 142 g/mol. The monoisotopic (exact) mass is 156 g/mol. The van der Waals surface area contributed by atoms with E-state index in [1.165, 1.54) is 0 Å². The Labute approximate surface area is 67.0 Å². The highest BCUT2D eigenvalue weighted by atomic mass is 16.3. The SMILES string of the molecule is CCC([O])C(=O)N1CCCC1. The van der Waals surface area contributed by atoms with E-state index in [1.54, 1.807) is 11.8 Å². The first-order chi connectivity index (χ1) is 5.25. The normalized spacial score (nSPS) is 20.4. The third kappa shape index (κ3) is 1.93. The smallest absolute Gasteiger partial charge is 0.255 e. The number of carbonyl (C=O) groups is 1. The second-order valence-electron chi connectivity index (χ2n) is 2.93. The number of nitrogens with zero attached hydrogens (tertiary/aromatic N) is 1. The third-order valence-electron chi connectivity index (χ3n) is 2.06. The average Bonchev–Trinajstić information content (AvgIpc) is 2.53. The van der Waals surface area contributed by atoms with Crippen LogP contribution in [0.1, 0.15) is 26.2 Å². The van der Waals surface area contributed by atoms with Gasteiger partial charge in [0.1, 0.15) is 0 Å². The Morgan fingerprint density at radius 3 is 2.45 bits per heavy atom. The second-order valence-corrected chi connectivity index (χ2v) is 2.93. The number of amides is 1. The maximum absolute atomic E-state index is 11.2. The van der Waals surface area contributed by atoms with E-state index in [0.29, 0.717) is 6.42 Å². The van der Waals surface area contributed by atoms with E-state index < -0.39 is 6.10 Å². The number of rotatable bonds is 2. The molecule has 1 aliphatic rings. The Kier molecular flexibility index (Phi) is 2.88. The maximum atomic E-state index is 11.2. The molecular formula is C8H14NO2. The Morgan fingerprint density at radius 2 is 2.00 bits per heavy atom. The molecule has 0 aromatic heterocycles. The van der Waals surface area contributed by atoms with Crippen molar-refractivity contribution < 1.29 is 9.90 Å². The molecule has 0 aliphatic carbocycles. The Bertz CT molecular complexity index is 141. The molecule has 1 fully saturated rings. The lowest BCUT2D eigenvalue weighted by atomic mass is 10.2. The molecule has 1 radical (unpaired) electrons. The lowest BCUT2D eigenvalue weighted by Gasteiger charge is -2.16. The van der Waals surface area contributed by atoms with Crippen molar-refractivity contribution in [2.75, 3.05) is 13.1 Å². The number of carbonyl (C=O) groups excluding carboxylic acids is 1. The zero-order valence-electron chi connectivity index (χ0n) is 6.88. The van der Waals surface area contributed by atoms with Gasteiger partial charge in [0.25, 0.3) is 5.91 Å². The Hall–Kier alpha value is -0.570. The van der Waals surface area contributed by atoms with Gasteiger partial charge >= 0.3 is 0 Å². The van der Waals surface area contributed by atoms with Gasteiger partial charge in [0.2, 0.25) is 0 Å². The molecule has 1 atom stereocenters. The summed E-state index contributed by atoms with van der Waals surface area (Å²) in [6.45, 7) is 3.33. The quantitative estimate of drug-likeness (QED) is 0.583. The second kappa shape index (κ2) is 3.72. The molecule has 3 nitrogen and oxygen atoms in total. The van der Waals surface area contributed by atoms with Crippen molar-refractivity contribution in [1.29, 1.82) is 0 Å². The predicted molar refractivity (Wildman–Crippen MR) is 40.6 cm³/mol. The van der Waals surface area contributed by atoms with Crippen molar-refractivity contribution in [2.45, 2.75) is 32.3 Å². The fraction of sp³-hybridized carbons (Fsp3) is 0.875. The number of hydrogen-bond acceptors (Lipinski definition) is 1. The van der Waals surface area contributed by atoms with Gasteiger partial charge in [-0.3, -0.25) is 4.79 Å². The Balaban J connectivity index is 2.39. The van der Waals surface area contributed by atoms with Crippen molar-refractivity contribution in [2.24, 2.45) is 0 Å². The Morgan fingerprint density at radius 1 is 1.45 bits per heavy atom. The van der Waals surface area contributed by atoms with Crippen LogP contribution in [0.4, 0.5) is 0 Å². The first kappa shape index (κ1) is 8.53. The van der Waals surface area contributed by atoms with Gasteiger partial charge in [0, 0.05) is 13.1 Å². The molecule has 0 aromatic rings. The highest BCUT2D eigenvalue weighted by Crippen LogP contribution is 2.10. The predicted octanol–water partition coefficient (Wildman–Crippen LogP) is 0.818. The topological polar surface area (TPSA) is 40.2 Å². The van der Waals surface area contributed by atoms with Gasteiger partial charge in [-0.05, 0) is 19.3 Å². The minimum absolute atomic E-state index is 0.204. The zero-order chi connectivity index (χ0) is 8.27. The van der Waals surface area contributed by atoms with E-state index in [-0.39, 0.29) is 5.91 Å². The standard InChI is InChI=1S/C8H14NO2/c1-2-7(10)8(11)9-5-3-4-6-9/h7H,2-6H2,1H3. The van der Waals surface area contributed by atoms with Gasteiger partial charge in [0.15, 0.2) is 6.10 Å². The van der Waals surface area contributed by atoms with E-state index in [0.717, 1.165) is 25.9 Å². The van der Waals surface area contributed by atoms with Crippen LogP contribution in [0.3, 0.4) is 0 Å². The molecule has 63 valence electrons. The highest BCUT2D eigenvalue weighted by Gasteiger charge is 2.24. The lowest BCUT2D eigenvalue weighted by molar-refractivity contribution is -0.142. The van der Waals surface area contributed by atoms with Crippen LogP contribution in [-0.2, 0) is 9.90 Å². The van der Waals surface area contributed by atoms with Gasteiger partial charge in [-0.2, -0.15) is 0 Å². The van der Waals surface area contributed by atoms with Crippen LogP contribution >= 0.6 is 0 Å². The van der Waals surface area contributed by atoms with E-state index >= 15 is 0 Å². The minimum atomic E-state index is -1.02. The van der Waals surface area contributed by atoms with Crippen molar-refractivity contribution in [3.63, 3.8) is 0 Å². The molecule has 1 rings (SSSR count). The van der Waals surface area contributed by atoms with E-state index in [9.17, 15) is 9.90 Å². The van der Waals surface area contributed by atoms with E-state index in [4.69, 9.17) is 0 Å². The van der Waals surface area contributed by atoms with Crippen LogP contribution in [0.5, 0.6) is 0 Å². The van der Waals surface area contributed by atoms with Crippen LogP contribution in [0.25, 0.3) is 0 Å². The molecule has 3 heteroatoms. The van der Waals surface area contributed by atoms with Crippen LogP contribution in [0.15, 0.2) is 0 Å². The van der Waals surface area contributed by atoms with Crippen molar-refractivity contribution >= 4 is 5.91 Å². The average molecular weight is 156 g/mol.